The van der Waals surface area contributed by atoms with Gasteiger partial charge < -0.3 is 14.8 Å². The third-order valence-electron chi connectivity index (χ3n) is 4.66. The van der Waals surface area contributed by atoms with E-state index in [0.29, 0.717) is 22.5 Å². The van der Waals surface area contributed by atoms with Crippen LogP contribution in [0.3, 0.4) is 0 Å². The summed E-state index contributed by atoms with van der Waals surface area (Å²) in [5, 5.41) is 3.25. The number of carbonyl (C=O) groups is 2. The van der Waals surface area contributed by atoms with Crippen molar-refractivity contribution in [2.75, 3.05) is 13.2 Å². The van der Waals surface area contributed by atoms with Crippen LogP contribution in [0.5, 0.6) is 0 Å². The summed E-state index contributed by atoms with van der Waals surface area (Å²) in [6, 6.07) is 13.1. The van der Waals surface area contributed by atoms with Gasteiger partial charge in [0.2, 0.25) is 0 Å². The first-order chi connectivity index (χ1) is 14.1. The lowest BCUT2D eigenvalue weighted by Crippen LogP contribution is -2.32. The van der Waals surface area contributed by atoms with Crippen LogP contribution in [0.2, 0.25) is 0 Å². The molecule has 0 saturated heterocycles. The first-order valence-electron chi connectivity index (χ1n) is 9.60. The molecular formula is C23H24N2O4. The second-order valence-electron chi connectivity index (χ2n) is 6.47. The number of nitrogens with one attached hydrogen (secondary N) is 1. The van der Waals surface area contributed by atoms with Crippen LogP contribution in [0, 0.1) is 0 Å². The van der Waals surface area contributed by atoms with E-state index in [4.69, 9.17) is 9.47 Å². The highest BCUT2D eigenvalue weighted by Crippen LogP contribution is 2.41. The standard InChI is InChI=1S/C23H24N2O4/c1-4-28-22(26)18-15(3)25-21(17-9-7-6-8-10-17)20(23(27)29-5-2)19(18)16-11-13-24-14-12-16/h6-14,19,25H,4-5H2,1-3H3/t19-/m0/s1. The molecule has 0 unspecified atom stereocenters. The number of dihydropyridines is 1. The maximum atomic E-state index is 13.1. The molecule has 1 aliphatic rings. The number of hydrogen-bond acceptors (Lipinski definition) is 6. The van der Waals surface area contributed by atoms with Gasteiger partial charge in [-0.3, -0.25) is 4.98 Å². The van der Waals surface area contributed by atoms with Crippen LogP contribution >= 0.6 is 0 Å². The fourth-order valence-corrected chi connectivity index (χ4v) is 3.46. The van der Waals surface area contributed by atoms with Crippen LogP contribution in [0.25, 0.3) is 5.70 Å². The molecule has 0 radical (unpaired) electrons. The minimum Gasteiger partial charge on any atom is -0.463 e. The fourth-order valence-electron chi connectivity index (χ4n) is 3.46. The highest BCUT2D eigenvalue weighted by Gasteiger charge is 2.39. The molecule has 29 heavy (non-hydrogen) atoms. The van der Waals surface area contributed by atoms with E-state index in [-0.39, 0.29) is 13.2 Å². The number of allylic oxidation sites excluding steroid dienone is 1. The number of carbonyl (C=O) groups excluding carboxylic acids is 2. The second kappa shape index (κ2) is 9.19. The minimum atomic E-state index is -0.632. The molecule has 0 fully saturated rings. The van der Waals surface area contributed by atoms with E-state index in [1.54, 1.807) is 38.4 Å². The first-order valence-corrected chi connectivity index (χ1v) is 9.60. The van der Waals surface area contributed by atoms with Crippen LogP contribution < -0.4 is 5.32 Å². The van der Waals surface area contributed by atoms with Gasteiger partial charge in [0.1, 0.15) is 0 Å². The van der Waals surface area contributed by atoms with Gasteiger partial charge in [-0.15, -0.1) is 0 Å². The van der Waals surface area contributed by atoms with Crippen LogP contribution in [-0.4, -0.2) is 30.1 Å². The Hall–Kier alpha value is -3.41. The molecule has 1 aromatic heterocycles. The molecule has 1 aromatic carbocycles. The zero-order valence-electron chi connectivity index (χ0n) is 16.8. The molecule has 1 aliphatic heterocycles. The molecule has 0 spiro atoms. The average Bonchev–Trinajstić information content (AvgIpc) is 2.74. The maximum Gasteiger partial charge on any atom is 0.337 e. The molecule has 2 aromatic rings. The number of rotatable bonds is 6. The van der Waals surface area contributed by atoms with Gasteiger partial charge in [0.05, 0.1) is 36.0 Å². The molecule has 0 aliphatic carbocycles. The summed E-state index contributed by atoms with van der Waals surface area (Å²) in [5.41, 5.74) is 3.62. The Morgan fingerprint density at radius 2 is 1.52 bits per heavy atom. The van der Waals surface area contributed by atoms with E-state index in [2.05, 4.69) is 10.3 Å². The summed E-state index contributed by atoms with van der Waals surface area (Å²) >= 11 is 0. The predicted octanol–water partition coefficient (Wildman–Crippen LogP) is 3.58. The van der Waals surface area contributed by atoms with E-state index in [1.807, 2.05) is 37.3 Å². The molecule has 0 amide bonds. The predicted molar refractivity (Wildman–Crippen MR) is 109 cm³/mol. The second-order valence-corrected chi connectivity index (χ2v) is 6.47. The van der Waals surface area contributed by atoms with E-state index in [0.717, 1.165) is 11.1 Å². The number of hydrogen-bond donors (Lipinski definition) is 1. The van der Waals surface area contributed by atoms with Crippen molar-refractivity contribution in [3.8, 4) is 0 Å². The van der Waals surface area contributed by atoms with Gasteiger partial charge in [-0.2, -0.15) is 0 Å². The first kappa shape index (κ1) is 20.3. The van der Waals surface area contributed by atoms with Gasteiger partial charge in [-0.1, -0.05) is 30.3 Å². The Labute approximate surface area is 170 Å². The number of nitrogens with zero attached hydrogens (tertiary/aromatic N) is 1. The molecule has 6 heteroatoms. The van der Waals surface area contributed by atoms with Crippen molar-refractivity contribution in [3.05, 3.63) is 82.8 Å². The zero-order chi connectivity index (χ0) is 20.8. The van der Waals surface area contributed by atoms with Crippen molar-refractivity contribution < 1.29 is 19.1 Å². The van der Waals surface area contributed by atoms with Gasteiger partial charge in [-0.25, -0.2) is 9.59 Å². The molecule has 1 atom stereocenters. The lowest BCUT2D eigenvalue weighted by Gasteiger charge is -2.31. The number of pyridine rings is 1. The molecule has 0 bridgehead atoms. The zero-order valence-corrected chi connectivity index (χ0v) is 16.8. The van der Waals surface area contributed by atoms with Crippen molar-refractivity contribution in [2.45, 2.75) is 26.7 Å². The summed E-state index contributed by atoms with van der Waals surface area (Å²) < 4.78 is 10.7. The topological polar surface area (TPSA) is 77.5 Å². The monoisotopic (exact) mass is 392 g/mol. The summed E-state index contributed by atoms with van der Waals surface area (Å²) in [7, 11) is 0. The Balaban J connectivity index is 2.27. The number of aromatic nitrogens is 1. The third-order valence-corrected chi connectivity index (χ3v) is 4.66. The van der Waals surface area contributed by atoms with E-state index >= 15 is 0 Å². The maximum absolute atomic E-state index is 13.1. The van der Waals surface area contributed by atoms with Gasteiger partial charge in [0, 0.05) is 18.1 Å². The number of esters is 2. The lowest BCUT2D eigenvalue weighted by molar-refractivity contribution is -0.139. The number of benzene rings is 1. The lowest BCUT2D eigenvalue weighted by atomic mass is 9.79. The van der Waals surface area contributed by atoms with Crippen LogP contribution in [0.1, 0.15) is 37.8 Å². The summed E-state index contributed by atoms with van der Waals surface area (Å²) in [5.74, 6) is -1.57. The van der Waals surface area contributed by atoms with Gasteiger partial charge in [0.15, 0.2) is 0 Å². The third kappa shape index (κ3) is 4.21. The van der Waals surface area contributed by atoms with Crippen molar-refractivity contribution >= 4 is 17.6 Å². The molecule has 150 valence electrons. The Kier molecular flexibility index (Phi) is 6.44. The SMILES string of the molecule is CCOC(=O)C1=C(C)NC(c2ccccc2)=C(C(=O)OCC)[C@H]1c1ccncc1. The van der Waals surface area contributed by atoms with Crippen molar-refractivity contribution in [1.82, 2.24) is 10.3 Å². The molecule has 0 saturated carbocycles. The molecule has 3 rings (SSSR count). The molecule has 6 nitrogen and oxygen atoms in total. The Morgan fingerprint density at radius 1 is 0.931 bits per heavy atom. The summed E-state index contributed by atoms with van der Waals surface area (Å²) in [6.07, 6.45) is 3.28. The summed E-state index contributed by atoms with van der Waals surface area (Å²) in [6.45, 7) is 5.79. The Morgan fingerprint density at radius 3 is 2.10 bits per heavy atom. The van der Waals surface area contributed by atoms with Gasteiger partial charge in [-0.05, 0) is 44.0 Å². The quantitative estimate of drug-likeness (QED) is 0.757. The fraction of sp³-hybridized carbons (Fsp3) is 0.261. The average molecular weight is 392 g/mol. The number of ether oxygens (including phenoxy) is 2. The van der Waals surface area contributed by atoms with E-state index in [9.17, 15) is 9.59 Å². The smallest absolute Gasteiger partial charge is 0.337 e. The Bertz CT molecular complexity index is 949. The van der Waals surface area contributed by atoms with Crippen molar-refractivity contribution in [3.63, 3.8) is 0 Å². The van der Waals surface area contributed by atoms with Crippen molar-refractivity contribution in [1.29, 1.82) is 0 Å². The normalized spacial score (nSPS) is 16.3. The van der Waals surface area contributed by atoms with Gasteiger partial charge in [0.25, 0.3) is 0 Å². The van der Waals surface area contributed by atoms with E-state index < -0.39 is 17.9 Å². The highest BCUT2D eigenvalue weighted by atomic mass is 16.5. The van der Waals surface area contributed by atoms with Crippen LogP contribution in [-0.2, 0) is 19.1 Å². The van der Waals surface area contributed by atoms with Crippen LogP contribution in [0.4, 0.5) is 0 Å². The van der Waals surface area contributed by atoms with Crippen LogP contribution in [0.15, 0.2) is 71.7 Å². The van der Waals surface area contributed by atoms with Crippen molar-refractivity contribution in [2.24, 2.45) is 0 Å². The van der Waals surface area contributed by atoms with E-state index in [1.165, 1.54) is 0 Å². The summed E-state index contributed by atoms with van der Waals surface area (Å²) in [4.78, 5) is 30.0. The molecular weight excluding hydrogens is 368 g/mol. The van der Waals surface area contributed by atoms with Gasteiger partial charge >= 0.3 is 11.9 Å². The highest BCUT2D eigenvalue weighted by molar-refractivity contribution is 6.05. The molecule has 1 N–H and O–H groups in total. The molecule has 2 heterocycles. The minimum absolute atomic E-state index is 0.227. The largest absolute Gasteiger partial charge is 0.463 e.